The van der Waals surface area contributed by atoms with Gasteiger partial charge in [0.15, 0.2) is 0 Å². The molecular formula is C11H20N2S. The second kappa shape index (κ2) is 4.41. The van der Waals surface area contributed by atoms with Gasteiger partial charge in [-0.3, -0.25) is 0 Å². The molecule has 1 unspecified atom stereocenters. The van der Waals surface area contributed by atoms with Crippen LogP contribution in [0.1, 0.15) is 50.0 Å². The zero-order valence-electron chi connectivity index (χ0n) is 9.72. The zero-order chi connectivity index (χ0) is 10.8. The van der Waals surface area contributed by atoms with Crippen LogP contribution >= 0.6 is 11.3 Å². The highest BCUT2D eigenvalue weighted by Crippen LogP contribution is 2.23. The SMILES string of the molecule is CCC(C)(C)NC(C)c1cnc(C)s1. The van der Waals surface area contributed by atoms with Gasteiger partial charge in [0.05, 0.1) is 5.01 Å². The Hall–Kier alpha value is -0.410. The van der Waals surface area contributed by atoms with Crippen molar-refractivity contribution in [1.29, 1.82) is 0 Å². The van der Waals surface area contributed by atoms with Crippen molar-refractivity contribution in [2.24, 2.45) is 0 Å². The molecule has 1 N–H and O–H groups in total. The van der Waals surface area contributed by atoms with Crippen molar-refractivity contribution in [2.45, 2.75) is 52.6 Å². The molecule has 0 aliphatic heterocycles. The van der Waals surface area contributed by atoms with Crippen molar-refractivity contribution < 1.29 is 0 Å². The Morgan fingerprint density at radius 2 is 2.21 bits per heavy atom. The Bertz CT molecular complexity index is 291. The predicted octanol–water partition coefficient (Wildman–Crippen LogP) is 3.29. The van der Waals surface area contributed by atoms with Crippen LogP contribution in [-0.4, -0.2) is 10.5 Å². The van der Waals surface area contributed by atoms with Gasteiger partial charge in [0.25, 0.3) is 0 Å². The first-order valence-corrected chi connectivity index (χ1v) is 5.96. The summed E-state index contributed by atoms with van der Waals surface area (Å²) in [5, 5.41) is 4.75. The van der Waals surface area contributed by atoms with Crippen LogP contribution in [0.2, 0.25) is 0 Å². The number of aryl methyl sites for hydroxylation is 1. The van der Waals surface area contributed by atoms with Crippen LogP contribution in [-0.2, 0) is 0 Å². The van der Waals surface area contributed by atoms with Gasteiger partial charge < -0.3 is 5.32 Å². The average molecular weight is 212 g/mol. The summed E-state index contributed by atoms with van der Waals surface area (Å²) in [6, 6.07) is 0.399. The van der Waals surface area contributed by atoms with E-state index >= 15 is 0 Å². The molecule has 1 rings (SSSR count). The Morgan fingerprint density at radius 1 is 1.57 bits per heavy atom. The van der Waals surface area contributed by atoms with Gasteiger partial charge in [-0.05, 0) is 34.1 Å². The number of nitrogens with one attached hydrogen (secondary N) is 1. The molecule has 0 amide bonds. The molecule has 0 saturated carbocycles. The van der Waals surface area contributed by atoms with E-state index in [-0.39, 0.29) is 5.54 Å². The summed E-state index contributed by atoms with van der Waals surface area (Å²) in [5.41, 5.74) is 0.206. The van der Waals surface area contributed by atoms with Gasteiger partial charge in [-0.15, -0.1) is 11.3 Å². The van der Waals surface area contributed by atoms with Crippen molar-refractivity contribution in [3.8, 4) is 0 Å². The van der Waals surface area contributed by atoms with Gasteiger partial charge in [-0.1, -0.05) is 6.92 Å². The molecule has 80 valence electrons. The molecule has 0 aliphatic carbocycles. The fraction of sp³-hybridized carbons (Fsp3) is 0.727. The van der Waals surface area contributed by atoms with E-state index in [0.717, 1.165) is 11.4 Å². The van der Waals surface area contributed by atoms with E-state index < -0.39 is 0 Å². The van der Waals surface area contributed by atoms with Gasteiger partial charge in [0.2, 0.25) is 0 Å². The Balaban J connectivity index is 2.63. The largest absolute Gasteiger partial charge is 0.304 e. The molecule has 0 aromatic carbocycles. The number of hydrogen-bond donors (Lipinski definition) is 1. The Morgan fingerprint density at radius 3 is 2.64 bits per heavy atom. The molecule has 0 radical (unpaired) electrons. The smallest absolute Gasteiger partial charge is 0.0897 e. The second-order valence-electron chi connectivity index (χ2n) is 4.39. The molecular weight excluding hydrogens is 192 g/mol. The van der Waals surface area contributed by atoms with Crippen molar-refractivity contribution in [3.63, 3.8) is 0 Å². The Kier molecular flexibility index (Phi) is 3.67. The standard InChI is InChI=1S/C11H20N2S/c1-6-11(4,5)13-8(2)10-7-12-9(3)14-10/h7-8,13H,6H2,1-5H3. The summed E-state index contributed by atoms with van der Waals surface area (Å²) in [6.07, 6.45) is 3.11. The molecule has 1 aromatic rings. The van der Waals surface area contributed by atoms with Crippen LogP contribution < -0.4 is 5.32 Å². The number of thiazole rings is 1. The summed E-state index contributed by atoms with van der Waals surface area (Å²) in [6.45, 7) is 10.9. The van der Waals surface area contributed by atoms with Crippen LogP contribution in [0.3, 0.4) is 0 Å². The van der Waals surface area contributed by atoms with Gasteiger partial charge >= 0.3 is 0 Å². The summed E-state index contributed by atoms with van der Waals surface area (Å²) >= 11 is 1.77. The minimum atomic E-state index is 0.206. The van der Waals surface area contributed by atoms with E-state index in [1.54, 1.807) is 11.3 Å². The molecule has 3 heteroatoms. The molecule has 1 aromatic heterocycles. The van der Waals surface area contributed by atoms with E-state index in [1.165, 1.54) is 4.88 Å². The molecule has 0 spiro atoms. The summed E-state index contributed by atoms with van der Waals surface area (Å²) in [7, 11) is 0. The molecule has 1 heterocycles. The number of nitrogens with zero attached hydrogens (tertiary/aromatic N) is 1. The van der Waals surface area contributed by atoms with Crippen molar-refractivity contribution in [1.82, 2.24) is 10.3 Å². The summed E-state index contributed by atoms with van der Waals surface area (Å²) in [4.78, 5) is 5.60. The van der Waals surface area contributed by atoms with Crippen LogP contribution in [0.25, 0.3) is 0 Å². The number of aromatic nitrogens is 1. The van der Waals surface area contributed by atoms with Crippen molar-refractivity contribution >= 4 is 11.3 Å². The highest BCUT2D eigenvalue weighted by Gasteiger charge is 2.19. The molecule has 0 aliphatic rings. The van der Waals surface area contributed by atoms with E-state index in [0.29, 0.717) is 6.04 Å². The third kappa shape index (κ3) is 3.07. The van der Waals surface area contributed by atoms with Crippen LogP contribution in [0, 0.1) is 6.92 Å². The Labute approximate surface area is 90.8 Å². The molecule has 1 atom stereocenters. The van der Waals surface area contributed by atoms with E-state index in [1.807, 2.05) is 13.1 Å². The molecule has 0 saturated heterocycles. The summed E-state index contributed by atoms with van der Waals surface area (Å²) in [5.74, 6) is 0. The topological polar surface area (TPSA) is 24.9 Å². The summed E-state index contributed by atoms with van der Waals surface area (Å²) < 4.78 is 0. The number of hydrogen-bond acceptors (Lipinski definition) is 3. The first-order chi connectivity index (χ1) is 6.44. The second-order valence-corrected chi connectivity index (χ2v) is 5.65. The van der Waals surface area contributed by atoms with Crippen LogP contribution in [0.5, 0.6) is 0 Å². The maximum atomic E-state index is 4.27. The lowest BCUT2D eigenvalue weighted by atomic mass is 10.0. The predicted molar refractivity (Wildman–Crippen MR) is 62.8 cm³/mol. The molecule has 0 bridgehead atoms. The third-order valence-electron chi connectivity index (χ3n) is 2.56. The van der Waals surface area contributed by atoms with E-state index in [9.17, 15) is 0 Å². The van der Waals surface area contributed by atoms with E-state index in [2.05, 4.69) is 38.0 Å². The van der Waals surface area contributed by atoms with Crippen molar-refractivity contribution in [3.05, 3.63) is 16.1 Å². The van der Waals surface area contributed by atoms with Gasteiger partial charge in [-0.25, -0.2) is 4.98 Å². The lowest BCUT2D eigenvalue weighted by Gasteiger charge is -2.28. The molecule has 2 nitrogen and oxygen atoms in total. The normalized spacial score (nSPS) is 14.4. The van der Waals surface area contributed by atoms with Gasteiger partial charge in [0.1, 0.15) is 0 Å². The average Bonchev–Trinajstić information content (AvgIpc) is 2.51. The maximum Gasteiger partial charge on any atom is 0.0897 e. The third-order valence-corrected chi connectivity index (χ3v) is 3.65. The van der Waals surface area contributed by atoms with Gasteiger partial charge in [0, 0.05) is 22.7 Å². The quantitative estimate of drug-likeness (QED) is 0.828. The monoisotopic (exact) mass is 212 g/mol. The van der Waals surface area contributed by atoms with Crippen molar-refractivity contribution in [2.75, 3.05) is 0 Å². The minimum absolute atomic E-state index is 0.206. The number of rotatable bonds is 4. The molecule has 14 heavy (non-hydrogen) atoms. The highest BCUT2D eigenvalue weighted by atomic mass is 32.1. The first-order valence-electron chi connectivity index (χ1n) is 5.14. The minimum Gasteiger partial charge on any atom is -0.304 e. The van der Waals surface area contributed by atoms with Crippen LogP contribution in [0.4, 0.5) is 0 Å². The fourth-order valence-corrected chi connectivity index (χ4v) is 2.12. The first kappa shape index (κ1) is 11.7. The zero-order valence-corrected chi connectivity index (χ0v) is 10.5. The lowest BCUT2D eigenvalue weighted by Crippen LogP contribution is -2.39. The highest BCUT2D eigenvalue weighted by molar-refractivity contribution is 7.11. The maximum absolute atomic E-state index is 4.27. The van der Waals surface area contributed by atoms with Gasteiger partial charge in [-0.2, -0.15) is 0 Å². The fourth-order valence-electron chi connectivity index (χ4n) is 1.34. The molecule has 0 fully saturated rings. The lowest BCUT2D eigenvalue weighted by molar-refractivity contribution is 0.340. The van der Waals surface area contributed by atoms with Crippen LogP contribution in [0.15, 0.2) is 6.20 Å². The van der Waals surface area contributed by atoms with E-state index in [4.69, 9.17) is 0 Å².